The van der Waals surface area contributed by atoms with Crippen LogP contribution in [0.15, 0.2) is 42.5 Å². The molecule has 5 nitrogen and oxygen atoms in total. The number of carbonyl (C=O) groups excluding carboxylic acids is 2. The molecule has 2 aromatic carbocycles. The van der Waals surface area contributed by atoms with Crippen molar-refractivity contribution < 1.29 is 9.59 Å². The van der Waals surface area contributed by atoms with E-state index in [0.717, 1.165) is 16.8 Å². The van der Waals surface area contributed by atoms with Crippen LogP contribution in [-0.4, -0.2) is 18.4 Å². The number of amides is 2. The average molecular weight is 361 g/mol. The summed E-state index contributed by atoms with van der Waals surface area (Å²) in [4.78, 5) is 27.1. The lowest BCUT2D eigenvalue weighted by molar-refractivity contribution is -0.122. The zero-order valence-electron chi connectivity index (χ0n) is 15.8. The van der Waals surface area contributed by atoms with Crippen LogP contribution in [0.4, 0.5) is 11.4 Å². The first-order valence-corrected chi connectivity index (χ1v) is 9.11. The number of benzene rings is 2. The SMILES string of the molecule is Cc1cccc(C(C)C)c1N1CC(C(=O)Nc2ccc(C#N)cc2)CC1=O. The van der Waals surface area contributed by atoms with E-state index in [1.807, 2.05) is 31.2 Å². The third-order valence-electron chi connectivity index (χ3n) is 4.94. The van der Waals surface area contributed by atoms with Gasteiger partial charge >= 0.3 is 0 Å². The van der Waals surface area contributed by atoms with Crippen molar-refractivity contribution in [3.8, 4) is 6.07 Å². The van der Waals surface area contributed by atoms with Crippen LogP contribution in [-0.2, 0) is 9.59 Å². The maximum absolute atomic E-state index is 12.7. The highest BCUT2D eigenvalue weighted by Crippen LogP contribution is 2.35. The normalized spacial score (nSPS) is 16.5. The number of nitrogens with zero attached hydrogens (tertiary/aromatic N) is 2. The van der Waals surface area contributed by atoms with E-state index in [0.29, 0.717) is 23.7 Å². The van der Waals surface area contributed by atoms with Gasteiger partial charge in [0, 0.05) is 24.3 Å². The fraction of sp³-hybridized carbons (Fsp3) is 0.318. The first kappa shape index (κ1) is 18.7. The second kappa shape index (κ2) is 7.63. The Bertz CT molecular complexity index is 910. The number of carbonyl (C=O) groups is 2. The van der Waals surface area contributed by atoms with E-state index in [-0.39, 0.29) is 18.2 Å². The predicted octanol–water partition coefficient (Wildman–Crippen LogP) is 3.98. The molecule has 0 bridgehead atoms. The van der Waals surface area contributed by atoms with Crippen molar-refractivity contribution in [2.24, 2.45) is 5.92 Å². The first-order valence-electron chi connectivity index (χ1n) is 9.11. The standard InChI is InChI=1S/C22H23N3O2/c1-14(2)19-6-4-5-15(3)21(19)25-13-17(11-20(25)26)22(27)24-18-9-7-16(12-23)8-10-18/h4-10,14,17H,11,13H2,1-3H3,(H,24,27). The van der Waals surface area contributed by atoms with Crippen LogP contribution >= 0.6 is 0 Å². The molecule has 27 heavy (non-hydrogen) atoms. The van der Waals surface area contributed by atoms with Crippen molar-refractivity contribution in [1.82, 2.24) is 0 Å². The van der Waals surface area contributed by atoms with Crippen LogP contribution in [0.3, 0.4) is 0 Å². The average Bonchev–Trinajstić information content (AvgIpc) is 3.03. The van der Waals surface area contributed by atoms with Crippen molar-refractivity contribution in [3.63, 3.8) is 0 Å². The van der Waals surface area contributed by atoms with Gasteiger partial charge in [-0.15, -0.1) is 0 Å². The number of hydrogen-bond acceptors (Lipinski definition) is 3. The summed E-state index contributed by atoms with van der Waals surface area (Å²) in [7, 11) is 0. The van der Waals surface area contributed by atoms with Crippen molar-refractivity contribution in [2.75, 3.05) is 16.8 Å². The second-order valence-electron chi connectivity index (χ2n) is 7.25. The van der Waals surface area contributed by atoms with Crippen LogP contribution < -0.4 is 10.2 Å². The largest absolute Gasteiger partial charge is 0.326 e. The first-order chi connectivity index (χ1) is 12.9. The van der Waals surface area contributed by atoms with Gasteiger partial charge in [0.2, 0.25) is 11.8 Å². The fourth-order valence-corrected chi connectivity index (χ4v) is 3.49. The molecule has 1 unspecified atom stereocenters. The van der Waals surface area contributed by atoms with Gasteiger partial charge in [0.1, 0.15) is 0 Å². The molecule has 138 valence electrons. The monoisotopic (exact) mass is 361 g/mol. The molecule has 1 heterocycles. The van der Waals surface area contributed by atoms with Crippen molar-refractivity contribution >= 4 is 23.2 Å². The molecule has 1 atom stereocenters. The highest BCUT2D eigenvalue weighted by Gasteiger charge is 2.36. The Balaban J connectivity index is 1.77. The lowest BCUT2D eigenvalue weighted by Gasteiger charge is -2.24. The molecule has 5 heteroatoms. The van der Waals surface area contributed by atoms with Gasteiger partial charge in [0.05, 0.1) is 17.6 Å². The van der Waals surface area contributed by atoms with E-state index < -0.39 is 5.92 Å². The predicted molar refractivity (Wildman–Crippen MR) is 106 cm³/mol. The summed E-state index contributed by atoms with van der Waals surface area (Å²) in [6.45, 7) is 6.59. The third-order valence-corrected chi connectivity index (χ3v) is 4.94. The van der Waals surface area contributed by atoms with Crippen molar-refractivity contribution in [3.05, 3.63) is 59.2 Å². The third kappa shape index (κ3) is 3.85. The van der Waals surface area contributed by atoms with Crippen LogP contribution in [0.5, 0.6) is 0 Å². The molecule has 1 saturated heterocycles. The smallest absolute Gasteiger partial charge is 0.229 e. The number of hydrogen-bond donors (Lipinski definition) is 1. The van der Waals surface area contributed by atoms with Gasteiger partial charge in [-0.1, -0.05) is 32.0 Å². The van der Waals surface area contributed by atoms with Gasteiger partial charge in [-0.05, 0) is 48.2 Å². The Kier molecular flexibility index (Phi) is 5.27. The molecular weight excluding hydrogens is 338 g/mol. The number of nitriles is 1. The second-order valence-corrected chi connectivity index (χ2v) is 7.25. The van der Waals surface area contributed by atoms with E-state index in [1.54, 1.807) is 29.2 Å². The zero-order valence-corrected chi connectivity index (χ0v) is 15.8. The van der Waals surface area contributed by atoms with Gasteiger partial charge in [-0.2, -0.15) is 5.26 Å². The van der Waals surface area contributed by atoms with E-state index in [1.165, 1.54) is 0 Å². The minimum absolute atomic E-state index is 0.0221. The Hall–Kier alpha value is -3.13. The molecule has 1 N–H and O–H groups in total. The lowest BCUT2D eigenvalue weighted by atomic mass is 9.97. The molecule has 2 amide bonds. The van der Waals surface area contributed by atoms with E-state index in [2.05, 4.69) is 19.2 Å². The Labute approximate surface area is 159 Å². The van der Waals surface area contributed by atoms with Gasteiger partial charge < -0.3 is 10.2 Å². The maximum atomic E-state index is 12.7. The summed E-state index contributed by atoms with van der Waals surface area (Å²) in [5, 5.41) is 11.7. The highest BCUT2D eigenvalue weighted by atomic mass is 16.2. The maximum Gasteiger partial charge on any atom is 0.229 e. The summed E-state index contributed by atoms with van der Waals surface area (Å²) in [5.74, 6) is -0.298. The molecule has 1 fully saturated rings. The van der Waals surface area contributed by atoms with E-state index >= 15 is 0 Å². The van der Waals surface area contributed by atoms with E-state index in [4.69, 9.17) is 5.26 Å². The minimum atomic E-state index is -0.396. The molecule has 1 aliphatic heterocycles. The molecule has 0 radical (unpaired) electrons. The lowest BCUT2D eigenvalue weighted by Crippen LogP contribution is -2.29. The summed E-state index contributed by atoms with van der Waals surface area (Å²) in [5.41, 5.74) is 4.27. The number of para-hydroxylation sites is 1. The molecule has 3 rings (SSSR count). The quantitative estimate of drug-likeness (QED) is 0.895. The summed E-state index contributed by atoms with van der Waals surface area (Å²) >= 11 is 0. The Morgan fingerprint density at radius 2 is 1.93 bits per heavy atom. The molecule has 2 aromatic rings. The number of aryl methyl sites for hydroxylation is 1. The van der Waals surface area contributed by atoms with Gasteiger partial charge in [0.15, 0.2) is 0 Å². The summed E-state index contributed by atoms with van der Waals surface area (Å²) in [6, 6.07) is 14.8. The minimum Gasteiger partial charge on any atom is -0.326 e. The zero-order chi connectivity index (χ0) is 19.6. The highest BCUT2D eigenvalue weighted by molar-refractivity contribution is 6.04. The van der Waals surface area contributed by atoms with Gasteiger partial charge in [-0.3, -0.25) is 9.59 Å². The van der Waals surface area contributed by atoms with Gasteiger partial charge in [0.25, 0.3) is 0 Å². The van der Waals surface area contributed by atoms with Crippen LogP contribution in [0.1, 0.15) is 42.9 Å². The molecule has 0 aromatic heterocycles. The molecule has 0 saturated carbocycles. The molecule has 1 aliphatic rings. The molecule has 0 spiro atoms. The van der Waals surface area contributed by atoms with Crippen LogP contribution in [0.2, 0.25) is 0 Å². The number of rotatable bonds is 4. The summed E-state index contributed by atoms with van der Waals surface area (Å²) in [6.07, 6.45) is 0.202. The van der Waals surface area contributed by atoms with Crippen LogP contribution in [0, 0.1) is 24.2 Å². The topological polar surface area (TPSA) is 73.2 Å². The van der Waals surface area contributed by atoms with E-state index in [9.17, 15) is 9.59 Å². The van der Waals surface area contributed by atoms with Crippen LogP contribution in [0.25, 0.3) is 0 Å². The van der Waals surface area contributed by atoms with Crippen molar-refractivity contribution in [2.45, 2.75) is 33.1 Å². The fourth-order valence-electron chi connectivity index (χ4n) is 3.49. The molecular formula is C22H23N3O2. The number of anilines is 2. The Morgan fingerprint density at radius 3 is 2.56 bits per heavy atom. The molecule has 0 aliphatic carbocycles. The van der Waals surface area contributed by atoms with Crippen molar-refractivity contribution in [1.29, 1.82) is 5.26 Å². The summed E-state index contributed by atoms with van der Waals surface area (Å²) < 4.78 is 0. The van der Waals surface area contributed by atoms with Gasteiger partial charge in [-0.25, -0.2) is 0 Å². The Morgan fingerprint density at radius 1 is 1.22 bits per heavy atom. The number of nitrogens with one attached hydrogen (secondary N) is 1.